The molecule has 0 radical (unpaired) electrons. The van der Waals surface area contributed by atoms with E-state index in [2.05, 4.69) is 68.9 Å². The van der Waals surface area contributed by atoms with Crippen LogP contribution in [-0.2, 0) is 17.6 Å². The minimum atomic E-state index is -0.934. The summed E-state index contributed by atoms with van der Waals surface area (Å²) in [4.78, 5) is 66.5. The molecule has 0 saturated carbocycles. The summed E-state index contributed by atoms with van der Waals surface area (Å²) in [6, 6.07) is 0.0370. The molecule has 7 N–H and O–H groups in total. The smallest absolute Gasteiger partial charge is 0.410 e. The number of hydrogen-bond acceptors (Lipinski definition) is 9. The fourth-order valence-corrected chi connectivity index (χ4v) is 7.37. The van der Waals surface area contributed by atoms with Gasteiger partial charge in [-0.2, -0.15) is 0 Å². The lowest BCUT2D eigenvalue weighted by molar-refractivity contribution is 0.0156. The lowest BCUT2D eigenvalue weighted by atomic mass is 9.97. The van der Waals surface area contributed by atoms with Gasteiger partial charge >= 0.3 is 12.2 Å². The molecule has 16 nitrogen and oxygen atoms in total. The van der Waals surface area contributed by atoms with Crippen molar-refractivity contribution in [2.45, 2.75) is 156 Å². The summed E-state index contributed by atoms with van der Waals surface area (Å²) in [6.45, 7) is 19.6. The van der Waals surface area contributed by atoms with Gasteiger partial charge in [0, 0.05) is 62.4 Å². The van der Waals surface area contributed by atoms with E-state index in [0.29, 0.717) is 68.2 Å². The number of aromatic amines is 2. The zero-order valence-electron chi connectivity index (χ0n) is 34.5. The van der Waals surface area contributed by atoms with Gasteiger partial charge in [0.2, 0.25) is 0 Å². The van der Waals surface area contributed by atoms with Crippen molar-refractivity contribution in [1.29, 1.82) is 0 Å². The SMILES string of the molecule is CCc1[nH]c(C(=O)NC2CCN(C(=O)O)CC2NC(CC)CC)nc1Cl.CCc1[nH]c(C(=O)NC2CCN(C(=O)OC(C)(C)C)CC2NC(CC)CC)nc1Cl. The zero-order valence-corrected chi connectivity index (χ0v) is 36.0. The van der Waals surface area contributed by atoms with E-state index in [1.54, 1.807) is 4.90 Å². The summed E-state index contributed by atoms with van der Waals surface area (Å²) in [5, 5.41) is 23.1. The fourth-order valence-electron chi connectivity index (χ4n) is 6.84. The van der Waals surface area contributed by atoms with Gasteiger partial charge in [0.25, 0.3) is 11.8 Å². The standard InChI is InChI=1S/C21H36ClN5O3.C17H28ClN5O3/c1-7-13(8-2)23-16-12-27(20(29)30-21(4,5)6)11-10-15(16)25-19(28)18-24-14(9-3)17(22)26-18;1-4-10(5-2)19-13-9-23(17(25)26)8-7-12(13)21-16(24)15-20-11(6-3)14(18)22-15/h13,15-16,23H,7-12H2,1-6H3,(H,24,26)(H,25,28);10,12-13,19H,4-9H2,1-3H3,(H,20,22)(H,21,24)(H,25,26). The van der Waals surface area contributed by atoms with Crippen molar-refractivity contribution in [3.05, 3.63) is 33.3 Å². The maximum atomic E-state index is 12.8. The van der Waals surface area contributed by atoms with Crippen LogP contribution in [0.4, 0.5) is 9.59 Å². The number of aryl methyl sites for hydroxylation is 2. The average molecular weight is 828 g/mol. The first-order chi connectivity index (χ1) is 26.5. The molecule has 2 aromatic heterocycles. The number of piperidine rings is 2. The Kier molecular flexibility index (Phi) is 18.2. The van der Waals surface area contributed by atoms with E-state index in [1.807, 2.05) is 34.6 Å². The number of carbonyl (C=O) groups excluding carboxylic acids is 3. The molecule has 2 aliphatic heterocycles. The summed E-state index contributed by atoms with van der Waals surface area (Å²) >= 11 is 12.1. The van der Waals surface area contributed by atoms with Crippen LogP contribution >= 0.6 is 23.2 Å². The number of rotatable bonds is 14. The number of H-pyrrole nitrogens is 2. The highest BCUT2D eigenvalue weighted by Crippen LogP contribution is 2.20. The minimum absolute atomic E-state index is 0.0869. The zero-order chi connectivity index (χ0) is 41.7. The van der Waals surface area contributed by atoms with Gasteiger partial charge in [-0.1, -0.05) is 64.7 Å². The third-order valence-electron chi connectivity index (χ3n) is 10.2. The quantitative estimate of drug-likeness (QED) is 0.122. The summed E-state index contributed by atoms with van der Waals surface area (Å²) in [6.07, 6.45) is 5.06. The van der Waals surface area contributed by atoms with Crippen molar-refractivity contribution in [3.8, 4) is 0 Å². The lowest BCUT2D eigenvalue weighted by Gasteiger charge is -2.41. The Labute approximate surface area is 341 Å². The van der Waals surface area contributed by atoms with Crippen LogP contribution < -0.4 is 21.3 Å². The normalized spacial score (nSPS) is 20.1. The van der Waals surface area contributed by atoms with Crippen molar-refractivity contribution in [1.82, 2.24) is 51.0 Å². The third kappa shape index (κ3) is 13.5. The van der Waals surface area contributed by atoms with Crippen LogP contribution in [0.2, 0.25) is 10.3 Å². The number of imidazole rings is 2. The highest BCUT2D eigenvalue weighted by molar-refractivity contribution is 6.30. The van der Waals surface area contributed by atoms with Gasteiger partial charge in [-0.3, -0.25) is 9.59 Å². The number of carboxylic acid groups (broad SMARTS) is 1. The molecule has 4 atom stereocenters. The molecule has 4 amide bonds. The van der Waals surface area contributed by atoms with E-state index in [-0.39, 0.29) is 59.8 Å². The van der Waals surface area contributed by atoms with Crippen LogP contribution in [-0.4, -0.2) is 127 Å². The van der Waals surface area contributed by atoms with Crippen molar-refractivity contribution in [2.24, 2.45) is 0 Å². The number of carbonyl (C=O) groups is 4. The predicted octanol–water partition coefficient (Wildman–Crippen LogP) is 5.77. The van der Waals surface area contributed by atoms with Gasteiger partial charge in [0.1, 0.15) is 5.60 Å². The van der Waals surface area contributed by atoms with Gasteiger partial charge in [0.15, 0.2) is 22.0 Å². The van der Waals surface area contributed by atoms with E-state index in [1.165, 1.54) is 4.90 Å². The van der Waals surface area contributed by atoms with Gasteiger partial charge < -0.3 is 50.9 Å². The topological polar surface area (TPSA) is 210 Å². The largest absolute Gasteiger partial charge is 0.465 e. The molecular weight excluding hydrogens is 763 g/mol. The Morgan fingerprint density at radius 3 is 1.46 bits per heavy atom. The van der Waals surface area contributed by atoms with E-state index in [9.17, 15) is 24.3 Å². The Hall–Kier alpha value is -3.60. The maximum absolute atomic E-state index is 12.8. The molecule has 2 aromatic rings. The molecule has 18 heteroatoms. The van der Waals surface area contributed by atoms with Crippen molar-refractivity contribution >= 4 is 47.2 Å². The molecule has 0 spiro atoms. The second kappa shape index (κ2) is 21.8. The summed E-state index contributed by atoms with van der Waals surface area (Å²) in [5.74, 6) is -0.207. The van der Waals surface area contributed by atoms with Crippen molar-refractivity contribution < 1.29 is 29.0 Å². The summed E-state index contributed by atoms with van der Waals surface area (Å²) in [7, 11) is 0. The molecule has 56 heavy (non-hydrogen) atoms. The van der Waals surface area contributed by atoms with Crippen molar-refractivity contribution in [2.75, 3.05) is 26.2 Å². The first-order valence-electron chi connectivity index (χ1n) is 20.0. The molecule has 2 fully saturated rings. The average Bonchev–Trinajstić information content (AvgIpc) is 3.74. The Balaban J connectivity index is 0.000000303. The molecule has 4 heterocycles. The summed E-state index contributed by atoms with van der Waals surface area (Å²) in [5.41, 5.74) is 0.924. The predicted molar refractivity (Wildman–Crippen MR) is 218 cm³/mol. The molecule has 0 aliphatic carbocycles. The molecule has 4 rings (SSSR count). The first-order valence-corrected chi connectivity index (χ1v) is 20.8. The monoisotopic (exact) mass is 826 g/mol. The number of nitrogens with one attached hydrogen (secondary N) is 6. The molecule has 0 bridgehead atoms. The number of nitrogens with zero attached hydrogens (tertiary/aromatic N) is 4. The van der Waals surface area contributed by atoms with Crippen molar-refractivity contribution in [3.63, 3.8) is 0 Å². The molecule has 2 saturated heterocycles. The number of hydrogen-bond donors (Lipinski definition) is 7. The molecule has 0 aromatic carbocycles. The van der Waals surface area contributed by atoms with Gasteiger partial charge in [0.05, 0.1) is 11.4 Å². The Morgan fingerprint density at radius 1 is 0.732 bits per heavy atom. The van der Waals surface area contributed by atoms with Crippen LogP contribution in [0.15, 0.2) is 0 Å². The second-order valence-electron chi connectivity index (χ2n) is 15.4. The van der Waals surface area contributed by atoms with Gasteiger partial charge in [-0.05, 0) is 72.1 Å². The van der Waals surface area contributed by atoms with Crippen LogP contribution in [0.3, 0.4) is 0 Å². The lowest BCUT2D eigenvalue weighted by Crippen LogP contribution is -2.62. The van der Waals surface area contributed by atoms with E-state index in [0.717, 1.165) is 37.1 Å². The highest BCUT2D eigenvalue weighted by Gasteiger charge is 2.36. The van der Waals surface area contributed by atoms with Crippen LogP contribution in [0, 0.1) is 0 Å². The third-order valence-corrected chi connectivity index (χ3v) is 10.9. The van der Waals surface area contributed by atoms with E-state index < -0.39 is 11.7 Å². The second-order valence-corrected chi connectivity index (χ2v) is 16.1. The van der Waals surface area contributed by atoms with E-state index in [4.69, 9.17) is 27.9 Å². The number of amides is 4. The Morgan fingerprint density at radius 2 is 1.12 bits per heavy atom. The molecule has 316 valence electrons. The number of likely N-dealkylation sites (tertiary alicyclic amines) is 2. The minimum Gasteiger partial charge on any atom is -0.465 e. The van der Waals surface area contributed by atoms with Crippen LogP contribution in [0.1, 0.15) is 133 Å². The Bertz CT molecular complexity index is 1590. The fraction of sp³-hybridized carbons (Fsp3) is 0.737. The highest BCUT2D eigenvalue weighted by atomic mass is 35.5. The number of ether oxygens (including phenoxy) is 1. The van der Waals surface area contributed by atoms with Gasteiger partial charge in [-0.15, -0.1) is 0 Å². The molecular formula is C38H64Cl2N10O6. The number of aromatic nitrogens is 4. The van der Waals surface area contributed by atoms with Crippen LogP contribution in [0.25, 0.3) is 0 Å². The molecule has 4 unspecified atom stereocenters. The maximum Gasteiger partial charge on any atom is 0.410 e. The number of halogens is 2. The molecule has 2 aliphatic rings. The first kappa shape index (κ1) is 46.8. The van der Waals surface area contributed by atoms with Gasteiger partial charge in [-0.25, -0.2) is 19.6 Å². The van der Waals surface area contributed by atoms with E-state index >= 15 is 0 Å². The van der Waals surface area contributed by atoms with Crippen LogP contribution in [0.5, 0.6) is 0 Å². The summed E-state index contributed by atoms with van der Waals surface area (Å²) < 4.78 is 5.54.